The maximum Gasteiger partial charge on any atom is 0.120 e. The van der Waals surface area contributed by atoms with Gasteiger partial charge < -0.3 is 14.8 Å². The number of ether oxygens (including phenoxy) is 2. The predicted octanol–water partition coefficient (Wildman–Crippen LogP) is 3.31. The summed E-state index contributed by atoms with van der Waals surface area (Å²) >= 11 is 0. The van der Waals surface area contributed by atoms with Crippen molar-refractivity contribution in [1.82, 2.24) is 5.32 Å². The van der Waals surface area contributed by atoms with E-state index in [1.807, 2.05) is 0 Å². The standard InChI is InChI=1S/C17H25NO2/c1-2-9-18-17(14-8-10-19-12-14)13-4-3-5-16(11-13)20-15-6-7-15/h3-5,11,14-15,17-18H,2,6-10,12H2,1H3. The first kappa shape index (κ1) is 13.9. The summed E-state index contributed by atoms with van der Waals surface area (Å²) in [6.45, 7) is 5.03. The molecule has 0 bridgehead atoms. The number of nitrogens with one attached hydrogen (secondary N) is 1. The Morgan fingerprint density at radius 3 is 2.95 bits per heavy atom. The van der Waals surface area contributed by atoms with Crippen LogP contribution in [0.15, 0.2) is 24.3 Å². The van der Waals surface area contributed by atoms with Gasteiger partial charge in [-0.05, 0) is 49.9 Å². The second kappa shape index (κ2) is 6.59. The first-order valence-corrected chi connectivity index (χ1v) is 7.94. The molecule has 2 fully saturated rings. The normalized spacial score (nSPS) is 23.8. The summed E-state index contributed by atoms with van der Waals surface area (Å²) in [5.41, 5.74) is 1.34. The average molecular weight is 275 g/mol. The molecule has 2 unspecified atom stereocenters. The molecular formula is C17H25NO2. The highest BCUT2D eigenvalue weighted by Crippen LogP contribution is 2.32. The molecule has 0 radical (unpaired) electrons. The molecule has 3 heteroatoms. The van der Waals surface area contributed by atoms with Crippen LogP contribution in [-0.4, -0.2) is 25.9 Å². The van der Waals surface area contributed by atoms with E-state index < -0.39 is 0 Å². The lowest BCUT2D eigenvalue weighted by Gasteiger charge is -2.24. The van der Waals surface area contributed by atoms with Crippen molar-refractivity contribution in [3.8, 4) is 5.75 Å². The lowest BCUT2D eigenvalue weighted by molar-refractivity contribution is 0.176. The fourth-order valence-corrected chi connectivity index (χ4v) is 2.83. The summed E-state index contributed by atoms with van der Waals surface area (Å²) in [7, 11) is 0. The van der Waals surface area contributed by atoms with Crippen LogP contribution in [0.5, 0.6) is 5.75 Å². The van der Waals surface area contributed by atoms with Crippen LogP contribution in [-0.2, 0) is 4.74 Å². The number of hydrogen-bond donors (Lipinski definition) is 1. The molecule has 3 rings (SSSR count). The van der Waals surface area contributed by atoms with Gasteiger partial charge in [0.25, 0.3) is 0 Å². The second-order valence-electron chi connectivity index (χ2n) is 5.95. The van der Waals surface area contributed by atoms with E-state index in [1.165, 1.54) is 18.4 Å². The van der Waals surface area contributed by atoms with Crippen LogP contribution in [0.3, 0.4) is 0 Å². The maximum absolute atomic E-state index is 5.92. The Balaban J connectivity index is 1.73. The molecule has 3 nitrogen and oxygen atoms in total. The molecule has 1 heterocycles. The Morgan fingerprint density at radius 2 is 2.25 bits per heavy atom. The van der Waals surface area contributed by atoms with Gasteiger partial charge in [0.1, 0.15) is 5.75 Å². The molecule has 0 aromatic heterocycles. The fraction of sp³-hybridized carbons (Fsp3) is 0.647. The minimum absolute atomic E-state index is 0.389. The molecule has 110 valence electrons. The number of benzene rings is 1. The third kappa shape index (κ3) is 3.53. The van der Waals surface area contributed by atoms with Crippen LogP contribution in [0.1, 0.15) is 44.2 Å². The van der Waals surface area contributed by atoms with E-state index in [4.69, 9.17) is 9.47 Å². The van der Waals surface area contributed by atoms with Crippen molar-refractivity contribution >= 4 is 0 Å². The fourth-order valence-electron chi connectivity index (χ4n) is 2.83. The topological polar surface area (TPSA) is 30.5 Å². The molecule has 20 heavy (non-hydrogen) atoms. The number of rotatable bonds is 7. The van der Waals surface area contributed by atoms with Crippen molar-refractivity contribution in [3.63, 3.8) is 0 Å². The van der Waals surface area contributed by atoms with Gasteiger partial charge in [0.2, 0.25) is 0 Å². The van der Waals surface area contributed by atoms with E-state index in [1.54, 1.807) is 0 Å². The zero-order chi connectivity index (χ0) is 13.8. The Morgan fingerprint density at radius 1 is 1.35 bits per heavy atom. The smallest absolute Gasteiger partial charge is 0.120 e. The summed E-state index contributed by atoms with van der Waals surface area (Å²) in [5, 5.41) is 3.69. The van der Waals surface area contributed by atoms with E-state index in [-0.39, 0.29) is 0 Å². The van der Waals surface area contributed by atoms with Crippen molar-refractivity contribution in [2.24, 2.45) is 5.92 Å². The highest BCUT2D eigenvalue weighted by molar-refractivity contribution is 5.31. The van der Waals surface area contributed by atoms with Crippen molar-refractivity contribution in [3.05, 3.63) is 29.8 Å². The predicted molar refractivity (Wildman–Crippen MR) is 80.1 cm³/mol. The third-order valence-corrected chi connectivity index (χ3v) is 4.09. The molecule has 0 spiro atoms. The Bertz CT molecular complexity index is 425. The van der Waals surface area contributed by atoms with E-state index in [9.17, 15) is 0 Å². The lowest BCUT2D eigenvalue weighted by atomic mass is 9.92. The first-order valence-electron chi connectivity index (χ1n) is 7.94. The van der Waals surface area contributed by atoms with Gasteiger partial charge in [-0.15, -0.1) is 0 Å². The van der Waals surface area contributed by atoms with Gasteiger partial charge in [0, 0.05) is 18.6 Å². The van der Waals surface area contributed by atoms with Gasteiger partial charge >= 0.3 is 0 Å². The minimum Gasteiger partial charge on any atom is -0.490 e. The summed E-state index contributed by atoms with van der Waals surface area (Å²) in [4.78, 5) is 0. The second-order valence-corrected chi connectivity index (χ2v) is 5.95. The van der Waals surface area contributed by atoms with Crippen molar-refractivity contribution < 1.29 is 9.47 Å². The third-order valence-electron chi connectivity index (χ3n) is 4.09. The van der Waals surface area contributed by atoms with Crippen molar-refractivity contribution in [2.75, 3.05) is 19.8 Å². The average Bonchev–Trinajstić information content (AvgIpc) is 3.11. The van der Waals surface area contributed by atoms with Crippen LogP contribution in [0.25, 0.3) is 0 Å². The highest BCUT2D eigenvalue weighted by Gasteiger charge is 2.28. The van der Waals surface area contributed by atoms with Crippen LogP contribution in [0, 0.1) is 5.92 Å². The summed E-state index contributed by atoms with van der Waals surface area (Å²) in [6.07, 6.45) is 5.18. The molecule has 1 saturated heterocycles. The highest BCUT2D eigenvalue weighted by atomic mass is 16.5. The molecule has 1 aliphatic heterocycles. The van der Waals surface area contributed by atoms with E-state index in [0.717, 1.165) is 38.3 Å². The molecule has 1 N–H and O–H groups in total. The van der Waals surface area contributed by atoms with E-state index in [0.29, 0.717) is 18.1 Å². The zero-order valence-electron chi connectivity index (χ0n) is 12.3. The van der Waals surface area contributed by atoms with Gasteiger partial charge in [-0.25, -0.2) is 0 Å². The summed E-state index contributed by atoms with van der Waals surface area (Å²) < 4.78 is 11.5. The maximum atomic E-state index is 5.92. The lowest BCUT2D eigenvalue weighted by Crippen LogP contribution is -2.29. The van der Waals surface area contributed by atoms with Crippen LogP contribution in [0.2, 0.25) is 0 Å². The van der Waals surface area contributed by atoms with E-state index >= 15 is 0 Å². The van der Waals surface area contributed by atoms with E-state index in [2.05, 4.69) is 36.5 Å². The molecule has 1 aliphatic carbocycles. The molecular weight excluding hydrogens is 250 g/mol. The van der Waals surface area contributed by atoms with Gasteiger partial charge in [-0.1, -0.05) is 19.1 Å². The summed E-state index contributed by atoms with van der Waals surface area (Å²) in [6, 6.07) is 9.00. The van der Waals surface area contributed by atoms with Gasteiger partial charge in [0.05, 0.1) is 12.7 Å². The molecule has 1 aromatic carbocycles. The Kier molecular flexibility index (Phi) is 4.58. The number of hydrogen-bond acceptors (Lipinski definition) is 3. The van der Waals surface area contributed by atoms with Gasteiger partial charge in [-0.3, -0.25) is 0 Å². The quantitative estimate of drug-likeness (QED) is 0.828. The van der Waals surface area contributed by atoms with Crippen LogP contribution < -0.4 is 10.1 Å². The van der Waals surface area contributed by atoms with Gasteiger partial charge in [0.15, 0.2) is 0 Å². The first-order chi connectivity index (χ1) is 9.86. The zero-order valence-corrected chi connectivity index (χ0v) is 12.3. The molecule has 2 atom stereocenters. The van der Waals surface area contributed by atoms with Crippen molar-refractivity contribution in [1.29, 1.82) is 0 Å². The van der Waals surface area contributed by atoms with Crippen LogP contribution >= 0.6 is 0 Å². The Labute approximate surface area is 121 Å². The summed E-state index contributed by atoms with van der Waals surface area (Å²) in [5.74, 6) is 1.60. The van der Waals surface area contributed by atoms with Gasteiger partial charge in [-0.2, -0.15) is 0 Å². The molecule has 2 aliphatic rings. The Hall–Kier alpha value is -1.06. The largest absolute Gasteiger partial charge is 0.490 e. The van der Waals surface area contributed by atoms with Crippen molar-refractivity contribution in [2.45, 2.75) is 44.8 Å². The SMILES string of the molecule is CCCNC(c1cccc(OC2CC2)c1)C1CCOC1. The molecule has 0 amide bonds. The minimum atomic E-state index is 0.389. The molecule has 1 saturated carbocycles. The van der Waals surface area contributed by atoms with Crippen LogP contribution in [0.4, 0.5) is 0 Å². The monoisotopic (exact) mass is 275 g/mol. The molecule has 1 aromatic rings.